The Morgan fingerprint density at radius 2 is 1.95 bits per heavy atom. The Kier molecular flexibility index (Phi) is 6.84. The van der Waals surface area contributed by atoms with Crippen LogP contribution in [0.4, 0.5) is 6.01 Å². The van der Waals surface area contributed by atoms with Crippen LogP contribution < -0.4 is 10.2 Å². The minimum Gasteiger partial charge on any atom is -0.407 e. The summed E-state index contributed by atoms with van der Waals surface area (Å²) in [6.45, 7) is 14.4. The van der Waals surface area contributed by atoms with E-state index in [1.54, 1.807) is 0 Å². The van der Waals surface area contributed by atoms with Gasteiger partial charge in [0.2, 0.25) is 5.89 Å². The molecule has 0 aliphatic carbocycles. The highest BCUT2D eigenvalue weighted by Gasteiger charge is 2.14. The molecule has 1 aromatic rings. The van der Waals surface area contributed by atoms with Crippen LogP contribution in [0.25, 0.3) is 0 Å². The number of hydrogen-bond donors (Lipinski definition) is 1. The summed E-state index contributed by atoms with van der Waals surface area (Å²) in [6.07, 6.45) is 1.16. The molecule has 5 nitrogen and oxygen atoms in total. The van der Waals surface area contributed by atoms with Gasteiger partial charge in [-0.05, 0) is 25.3 Å². The standard InChI is InChI=1S/C14H28N4O/c1-6-12(5)10-18(7-2)14-17-16-13(19-14)9-15-8-11(3)4/h11-12,15H,6-10H2,1-5H3. The Morgan fingerprint density at radius 1 is 1.21 bits per heavy atom. The Balaban J connectivity index is 2.51. The van der Waals surface area contributed by atoms with Crippen LogP contribution in [-0.4, -0.2) is 29.8 Å². The summed E-state index contributed by atoms with van der Waals surface area (Å²) < 4.78 is 5.71. The smallest absolute Gasteiger partial charge is 0.318 e. The van der Waals surface area contributed by atoms with Crippen molar-refractivity contribution in [1.82, 2.24) is 15.5 Å². The molecule has 0 aromatic carbocycles. The average Bonchev–Trinajstić information content (AvgIpc) is 2.83. The van der Waals surface area contributed by atoms with Gasteiger partial charge in [-0.1, -0.05) is 39.2 Å². The van der Waals surface area contributed by atoms with Crippen LogP contribution in [0.5, 0.6) is 0 Å². The summed E-state index contributed by atoms with van der Waals surface area (Å²) >= 11 is 0. The van der Waals surface area contributed by atoms with E-state index in [4.69, 9.17) is 4.42 Å². The number of hydrogen-bond acceptors (Lipinski definition) is 5. The second kappa shape index (κ2) is 8.15. The van der Waals surface area contributed by atoms with Crippen molar-refractivity contribution in [3.05, 3.63) is 5.89 Å². The van der Waals surface area contributed by atoms with Gasteiger partial charge in [0.05, 0.1) is 6.54 Å². The first-order valence-electron chi connectivity index (χ1n) is 7.34. The number of rotatable bonds is 9. The highest BCUT2D eigenvalue weighted by molar-refractivity contribution is 5.23. The summed E-state index contributed by atoms with van der Waals surface area (Å²) in [5, 5.41) is 11.5. The van der Waals surface area contributed by atoms with E-state index in [2.05, 4.69) is 55.0 Å². The van der Waals surface area contributed by atoms with Crippen LogP contribution in [0.2, 0.25) is 0 Å². The van der Waals surface area contributed by atoms with Crippen molar-refractivity contribution in [1.29, 1.82) is 0 Å². The van der Waals surface area contributed by atoms with Crippen LogP contribution in [0.15, 0.2) is 4.42 Å². The molecule has 1 aromatic heterocycles. The predicted molar refractivity (Wildman–Crippen MR) is 78.2 cm³/mol. The van der Waals surface area contributed by atoms with E-state index in [9.17, 15) is 0 Å². The third-order valence-electron chi connectivity index (χ3n) is 3.17. The van der Waals surface area contributed by atoms with E-state index >= 15 is 0 Å². The first kappa shape index (κ1) is 16.0. The molecule has 0 bridgehead atoms. The molecule has 1 unspecified atom stereocenters. The monoisotopic (exact) mass is 268 g/mol. The van der Waals surface area contributed by atoms with Gasteiger partial charge >= 0.3 is 6.01 Å². The van der Waals surface area contributed by atoms with E-state index in [-0.39, 0.29) is 0 Å². The molecule has 0 spiro atoms. The normalized spacial score (nSPS) is 12.9. The maximum atomic E-state index is 5.71. The van der Waals surface area contributed by atoms with Crippen molar-refractivity contribution >= 4 is 6.01 Å². The molecule has 0 aliphatic heterocycles. The highest BCUT2D eigenvalue weighted by atomic mass is 16.4. The van der Waals surface area contributed by atoms with Crippen LogP contribution in [-0.2, 0) is 6.54 Å². The molecule has 1 rings (SSSR count). The third-order valence-corrected chi connectivity index (χ3v) is 3.17. The maximum absolute atomic E-state index is 5.71. The first-order chi connectivity index (χ1) is 9.06. The fourth-order valence-corrected chi connectivity index (χ4v) is 1.76. The number of nitrogens with one attached hydrogen (secondary N) is 1. The molecule has 0 amide bonds. The van der Waals surface area contributed by atoms with Gasteiger partial charge in [0.25, 0.3) is 0 Å². The molecule has 110 valence electrons. The zero-order chi connectivity index (χ0) is 14.3. The van der Waals surface area contributed by atoms with E-state index < -0.39 is 0 Å². The lowest BCUT2D eigenvalue weighted by atomic mass is 10.1. The Bertz CT molecular complexity index is 351. The van der Waals surface area contributed by atoms with Gasteiger partial charge in [-0.25, -0.2) is 0 Å². The van der Waals surface area contributed by atoms with Gasteiger partial charge in [0.15, 0.2) is 0 Å². The molecule has 0 aliphatic rings. The van der Waals surface area contributed by atoms with Crippen LogP contribution in [0.3, 0.4) is 0 Å². The minimum atomic E-state index is 0.625. The quantitative estimate of drug-likeness (QED) is 0.746. The lowest BCUT2D eigenvalue weighted by molar-refractivity contribution is 0.437. The Morgan fingerprint density at radius 3 is 2.53 bits per heavy atom. The maximum Gasteiger partial charge on any atom is 0.318 e. The van der Waals surface area contributed by atoms with Crippen LogP contribution >= 0.6 is 0 Å². The van der Waals surface area contributed by atoms with Crippen molar-refractivity contribution in [2.24, 2.45) is 11.8 Å². The highest BCUT2D eigenvalue weighted by Crippen LogP contribution is 2.15. The Labute approximate surface area is 116 Å². The van der Waals surface area contributed by atoms with Crippen molar-refractivity contribution in [3.8, 4) is 0 Å². The summed E-state index contributed by atoms with van der Waals surface area (Å²) in [5.74, 6) is 1.92. The third kappa shape index (κ3) is 5.59. The average molecular weight is 268 g/mol. The van der Waals surface area contributed by atoms with Gasteiger partial charge in [-0.15, -0.1) is 5.10 Å². The second-order valence-electron chi connectivity index (χ2n) is 5.56. The van der Waals surface area contributed by atoms with Gasteiger partial charge in [0, 0.05) is 13.1 Å². The zero-order valence-corrected chi connectivity index (χ0v) is 12.9. The molecular weight excluding hydrogens is 240 g/mol. The molecular formula is C14H28N4O. The van der Waals surface area contributed by atoms with Gasteiger partial charge in [-0.3, -0.25) is 0 Å². The lowest BCUT2D eigenvalue weighted by Gasteiger charge is -2.21. The molecule has 19 heavy (non-hydrogen) atoms. The van der Waals surface area contributed by atoms with Crippen molar-refractivity contribution in [3.63, 3.8) is 0 Å². The van der Waals surface area contributed by atoms with Crippen LogP contribution in [0, 0.1) is 11.8 Å². The van der Waals surface area contributed by atoms with E-state index in [1.807, 2.05) is 0 Å². The first-order valence-corrected chi connectivity index (χ1v) is 7.34. The van der Waals surface area contributed by atoms with E-state index in [0.29, 0.717) is 30.3 Å². The zero-order valence-electron chi connectivity index (χ0n) is 12.9. The number of anilines is 1. The second-order valence-corrected chi connectivity index (χ2v) is 5.56. The topological polar surface area (TPSA) is 54.2 Å². The molecule has 0 fully saturated rings. The Hall–Kier alpha value is -1.10. The number of aromatic nitrogens is 2. The molecule has 0 radical (unpaired) electrons. The van der Waals surface area contributed by atoms with Crippen molar-refractivity contribution in [2.75, 3.05) is 24.5 Å². The van der Waals surface area contributed by atoms with Gasteiger partial charge < -0.3 is 14.6 Å². The van der Waals surface area contributed by atoms with Gasteiger partial charge in [-0.2, -0.15) is 0 Å². The summed E-state index contributed by atoms with van der Waals surface area (Å²) in [7, 11) is 0. The lowest BCUT2D eigenvalue weighted by Crippen LogP contribution is -2.28. The number of nitrogens with zero attached hydrogens (tertiary/aromatic N) is 3. The molecule has 1 atom stereocenters. The van der Waals surface area contributed by atoms with Gasteiger partial charge in [0.1, 0.15) is 0 Å². The molecule has 0 saturated carbocycles. The minimum absolute atomic E-state index is 0.625. The summed E-state index contributed by atoms with van der Waals surface area (Å²) in [4.78, 5) is 2.15. The fourth-order valence-electron chi connectivity index (χ4n) is 1.76. The van der Waals surface area contributed by atoms with Crippen LogP contribution in [0.1, 0.15) is 46.9 Å². The summed E-state index contributed by atoms with van der Waals surface area (Å²) in [6, 6.07) is 0.643. The van der Waals surface area contributed by atoms with E-state index in [0.717, 1.165) is 26.1 Å². The largest absolute Gasteiger partial charge is 0.407 e. The SMILES string of the molecule is CCC(C)CN(CC)c1nnc(CNCC(C)C)o1. The summed E-state index contributed by atoms with van der Waals surface area (Å²) in [5.41, 5.74) is 0. The molecule has 0 saturated heterocycles. The van der Waals surface area contributed by atoms with E-state index in [1.165, 1.54) is 0 Å². The van der Waals surface area contributed by atoms with Crippen molar-refractivity contribution < 1.29 is 4.42 Å². The molecule has 1 N–H and O–H groups in total. The molecule has 5 heteroatoms. The fraction of sp³-hybridized carbons (Fsp3) is 0.857. The van der Waals surface area contributed by atoms with Crippen molar-refractivity contribution in [2.45, 2.75) is 47.6 Å². The predicted octanol–water partition coefficient (Wildman–Crippen LogP) is 2.69. The molecule has 1 heterocycles.